The minimum Gasteiger partial charge on any atom is -0.449 e. The van der Waals surface area contributed by atoms with E-state index >= 15 is 0 Å². The zero-order chi connectivity index (χ0) is 17.3. The van der Waals surface area contributed by atoms with Crippen LogP contribution < -0.4 is 0 Å². The van der Waals surface area contributed by atoms with Crippen molar-refractivity contribution in [3.63, 3.8) is 0 Å². The van der Waals surface area contributed by atoms with Crippen molar-refractivity contribution in [2.45, 2.75) is 23.8 Å². The largest absolute Gasteiger partial charge is 0.449 e. The van der Waals surface area contributed by atoms with Crippen LogP contribution in [-0.4, -0.2) is 50.5 Å². The monoisotopic (exact) mass is 349 g/mol. The van der Waals surface area contributed by atoms with Gasteiger partial charge in [-0.25, -0.2) is 17.5 Å². The number of amides is 1. The van der Waals surface area contributed by atoms with Crippen molar-refractivity contribution in [3.8, 4) is 12.3 Å². The molecule has 0 unspecified atom stereocenters. The standard InChI is InChI=1S/C16H15NO6S/c1-2-7-23-16(19)11-5-6-13-14(9-11)24(20,21)17(15(13)18)10-12-4-3-8-22-12/h1,5-6,9,12H,3-4,7-8,10H2/t12-/m1/s1. The molecule has 8 heteroatoms. The Hall–Kier alpha value is -2.37. The Balaban J connectivity index is 1.90. The van der Waals surface area contributed by atoms with Crippen LogP contribution in [0.1, 0.15) is 33.6 Å². The topological polar surface area (TPSA) is 90.0 Å². The van der Waals surface area contributed by atoms with Crippen molar-refractivity contribution in [2.75, 3.05) is 19.8 Å². The van der Waals surface area contributed by atoms with Gasteiger partial charge in [0.05, 0.1) is 23.8 Å². The van der Waals surface area contributed by atoms with Gasteiger partial charge in [-0.15, -0.1) is 6.42 Å². The van der Waals surface area contributed by atoms with Gasteiger partial charge in [-0.2, -0.15) is 0 Å². The molecular formula is C16H15NO6S. The Kier molecular flexibility index (Phi) is 4.30. The summed E-state index contributed by atoms with van der Waals surface area (Å²) in [5.74, 6) is 0.807. The van der Waals surface area contributed by atoms with Crippen molar-refractivity contribution in [3.05, 3.63) is 29.3 Å². The maximum Gasteiger partial charge on any atom is 0.339 e. The maximum absolute atomic E-state index is 12.6. The van der Waals surface area contributed by atoms with Gasteiger partial charge in [-0.3, -0.25) is 4.79 Å². The Labute approximate surface area is 139 Å². The van der Waals surface area contributed by atoms with E-state index in [-0.39, 0.29) is 35.3 Å². The number of rotatable bonds is 4. The van der Waals surface area contributed by atoms with Gasteiger partial charge in [0.2, 0.25) is 0 Å². The summed E-state index contributed by atoms with van der Waals surface area (Å²) in [6.07, 6.45) is 6.27. The smallest absolute Gasteiger partial charge is 0.339 e. The highest BCUT2D eigenvalue weighted by Gasteiger charge is 2.43. The van der Waals surface area contributed by atoms with Crippen LogP contribution in [0.3, 0.4) is 0 Å². The summed E-state index contributed by atoms with van der Waals surface area (Å²) in [4.78, 5) is 24.0. The van der Waals surface area contributed by atoms with Crippen LogP contribution in [0.5, 0.6) is 0 Å². The number of terminal acetylenes is 1. The first kappa shape index (κ1) is 16.5. The summed E-state index contributed by atoms with van der Waals surface area (Å²) in [5.41, 5.74) is 0.0702. The molecule has 7 nitrogen and oxygen atoms in total. The van der Waals surface area contributed by atoms with Crippen LogP contribution in [0.25, 0.3) is 0 Å². The summed E-state index contributed by atoms with van der Waals surface area (Å²) in [7, 11) is -4.00. The predicted molar refractivity (Wildman–Crippen MR) is 82.8 cm³/mol. The number of hydrogen-bond acceptors (Lipinski definition) is 6. The molecule has 2 aliphatic heterocycles. The number of hydrogen-bond donors (Lipinski definition) is 0. The van der Waals surface area contributed by atoms with Crippen LogP contribution in [-0.2, 0) is 19.5 Å². The van der Waals surface area contributed by atoms with Gasteiger partial charge in [-0.05, 0) is 31.0 Å². The SMILES string of the molecule is C#CCOC(=O)c1ccc2c(c1)S(=O)(=O)N(C[C@H]1CCCO1)C2=O. The number of ether oxygens (including phenoxy) is 2. The predicted octanol–water partition coefficient (Wildman–Crippen LogP) is 0.800. The molecule has 0 spiro atoms. The normalized spacial score (nSPS) is 21.4. The fraction of sp³-hybridized carbons (Fsp3) is 0.375. The summed E-state index contributed by atoms with van der Waals surface area (Å²) in [6.45, 7) is 0.324. The van der Waals surface area contributed by atoms with Crippen LogP contribution in [0, 0.1) is 12.3 Å². The van der Waals surface area contributed by atoms with E-state index in [1.807, 2.05) is 0 Å². The summed E-state index contributed by atoms with van der Waals surface area (Å²) >= 11 is 0. The molecule has 2 heterocycles. The highest BCUT2D eigenvalue weighted by atomic mass is 32.2. The van der Waals surface area contributed by atoms with Crippen molar-refractivity contribution in [1.82, 2.24) is 4.31 Å². The lowest BCUT2D eigenvalue weighted by Gasteiger charge is -2.18. The maximum atomic E-state index is 12.6. The number of carbonyl (C=O) groups is 2. The van der Waals surface area contributed by atoms with E-state index in [2.05, 4.69) is 5.92 Å². The quantitative estimate of drug-likeness (QED) is 0.590. The van der Waals surface area contributed by atoms with Gasteiger partial charge >= 0.3 is 5.97 Å². The van der Waals surface area contributed by atoms with Crippen molar-refractivity contribution in [1.29, 1.82) is 0 Å². The average molecular weight is 349 g/mol. The van der Waals surface area contributed by atoms with Crippen LogP contribution >= 0.6 is 0 Å². The van der Waals surface area contributed by atoms with E-state index in [0.717, 1.165) is 16.8 Å². The molecule has 1 atom stereocenters. The van der Waals surface area contributed by atoms with Gasteiger partial charge in [-0.1, -0.05) is 5.92 Å². The third-order valence-corrected chi connectivity index (χ3v) is 5.71. The molecule has 0 saturated carbocycles. The molecular weight excluding hydrogens is 334 g/mol. The van der Waals surface area contributed by atoms with Crippen LogP contribution in [0.4, 0.5) is 0 Å². The number of nitrogens with zero attached hydrogens (tertiary/aromatic N) is 1. The lowest BCUT2D eigenvalue weighted by molar-refractivity contribution is 0.0556. The zero-order valence-electron chi connectivity index (χ0n) is 12.7. The highest BCUT2D eigenvalue weighted by Crippen LogP contribution is 2.32. The van der Waals surface area contributed by atoms with E-state index in [9.17, 15) is 18.0 Å². The second-order valence-corrected chi connectivity index (χ2v) is 7.30. The third-order valence-electron chi connectivity index (χ3n) is 3.92. The Morgan fingerprint density at radius 3 is 2.92 bits per heavy atom. The molecule has 1 amide bonds. The first-order chi connectivity index (χ1) is 11.4. The number of esters is 1. The molecule has 1 saturated heterocycles. The molecule has 1 fully saturated rings. The minimum atomic E-state index is -4.00. The summed E-state index contributed by atoms with van der Waals surface area (Å²) in [5, 5.41) is 0. The zero-order valence-corrected chi connectivity index (χ0v) is 13.5. The summed E-state index contributed by atoms with van der Waals surface area (Å²) < 4.78 is 36.3. The van der Waals surface area contributed by atoms with Gasteiger partial charge in [0, 0.05) is 6.61 Å². The van der Waals surface area contributed by atoms with Crippen molar-refractivity contribution < 1.29 is 27.5 Å². The molecule has 0 aromatic heterocycles. The van der Waals surface area contributed by atoms with E-state index in [1.165, 1.54) is 12.1 Å². The first-order valence-corrected chi connectivity index (χ1v) is 8.82. The number of benzene rings is 1. The van der Waals surface area contributed by atoms with Gasteiger partial charge < -0.3 is 9.47 Å². The van der Waals surface area contributed by atoms with Crippen molar-refractivity contribution >= 4 is 21.9 Å². The molecule has 0 N–H and O–H groups in total. The lowest BCUT2D eigenvalue weighted by atomic mass is 10.1. The molecule has 1 aromatic rings. The summed E-state index contributed by atoms with van der Waals surface area (Å²) in [6, 6.07) is 3.81. The van der Waals surface area contributed by atoms with Crippen molar-refractivity contribution in [2.24, 2.45) is 0 Å². The highest BCUT2D eigenvalue weighted by molar-refractivity contribution is 7.90. The van der Waals surface area contributed by atoms with E-state index in [0.29, 0.717) is 13.0 Å². The van der Waals surface area contributed by atoms with Gasteiger partial charge in [0.1, 0.15) is 4.90 Å². The van der Waals surface area contributed by atoms with E-state index in [4.69, 9.17) is 15.9 Å². The Morgan fingerprint density at radius 1 is 1.46 bits per heavy atom. The van der Waals surface area contributed by atoms with Gasteiger partial charge in [0.15, 0.2) is 6.61 Å². The van der Waals surface area contributed by atoms with Gasteiger partial charge in [0.25, 0.3) is 15.9 Å². The second-order valence-electron chi connectivity index (χ2n) is 5.47. The molecule has 2 aliphatic rings. The molecule has 24 heavy (non-hydrogen) atoms. The second kappa shape index (κ2) is 6.26. The molecule has 3 rings (SSSR count). The number of carbonyl (C=O) groups excluding carboxylic acids is 2. The fourth-order valence-corrected chi connectivity index (χ4v) is 4.37. The molecule has 126 valence electrons. The Bertz CT molecular complexity index is 833. The number of fused-ring (bicyclic) bond motifs is 1. The molecule has 0 bridgehead atoms. The minimum absolute atomic E-state index is 0.0211. The molecule has 0 aliphatic carbocycles. The molecule has 1 aromatic carbocycles. The average Bonchev–Trinajstić information content (AvgIpc) is 3.14. The number of sulfonamides is 1. The van der Waals surface area contributed by atoms with Crippen LogP contribution in [0.2, 0.25) is 0 Å². The van der Waals surface area contributed by atoms with E-state index < -0.39 is 21.9 Å². The third kappa shape index (κ3) is 2.77. The van der Waals surface area contributed by atoms with Crippen LogP contribution in [0.15, 0.2) is 23.1 Å². The Morgan fingerprint density at radius 2 is 2.25 bits per heavy atom. The first-order valence-electron chi connectivity index (χ1n) is 7.38. The molecule has 0 radical (unpaired) electrons. The fourth-order valence-electron chi connectivity index (χ4n) is 2.75. The van der Waals surface area contributed by atoms with E-state index in [1.54, 1.807) is 0 Å². The lowest BCUT2D eigenvalue weighted by Crippen LogP contribution is -2.36.